The third-order valence-corrected chi connectivity index (χ3v) is 4.89. The quantitative estimate of drug-likeness (QED) is 0.509. The minimum Gasteiger partial charge on any atom is -0.502 e. The maximum Gasteiger partial charge on any atom is 0.235 e. The SMILES string of the molecule is CCCCOC1=C(O)C(=O)C1=CC1=[N+](C)c2ccccc2C1(C)C. The first-order chi connectivity index (χ1) is 11.4. The lowest BCUT2D eigenvalue weighted by molar-refractivity contribution is -0.401. The molecule has 1 heterocycles. The van der Waals surface area contributed by atoms with Crippen LogP contribution in [0.5, 0.6) is 0 Å². The van der Waals surface area contributed by atoms with Gasteiger partial charge in [-0.3, -0.25) is 4.79 Å². The van der Waals surface area contributed by atoms with Crippen LogP contribution in [0.2, 0.25) is 0 Å². The second kappa shape index (κ2) is 5.93. The molecule has 0 fully saturated rings. The second-order valence-electron chi connectivity index (χ2n) is 6.85. The highest BCUT2D eigenvalue weighted by Crippen LogP contribution is 2.40. The van der Waals surface area contributed by atoms with Gasteiger partial charge < -0.3 is 9.84 Å². The molecule has 0 bridgehead atoms. The number of hydrogen-bond acceptors (Lipinski definition) is 3. The maximum atomic E-state index is 12.1. The van der Waals surface area contributed by atoms with E-state index in [1.165, 1.54) is 5.56 Å². The highest BCUT2D eigenvalue weighted by Gasteiger charge is 2.45. The molecule has 24 heavy (non-hydrogen) atoms. The van der Waals surface area contributed by atoms with Crippen molar-refractivity contribution in [3.05, 3.63) is 53.0 Å². The van der Waals surface area contributed by atoms with Crippen molar-refractivity contribution in [2.45, 2.75) is 39.0 Å². The van der Waals surface area contributed by atoms with Crippen molar-refractivity contribution in [2.75, 3.05) is 13.7 Å². The van der Waals surface area contributed by atoms with Crippen LogP contribution in [0.4, 0.5) is 5.69 Å². The van der Waals surface area contributed by atoms with Gasteiger partial charge in [0, 0.05) is 17.7 Å². The fraction of sp³-hybridized carbons (Fsp3) is 0.400. The summed E-state index contributed by atoms with van der Waals surface area (Å²) >= 11 is 0. The molecule has 1 N–H and O–H groups in total. The zero-order valence-corrected chi connectivity index (χ0v) is 14.7. The molecule has 3 rings (SSSR count). The Morgan fingerprint density at radius 2 is 2.00 bits per heavy atom. The highest BCUT2D eigenvalue weighted by molar-refractivity contribution is 6.21. The van der Waals surface area contributed by atoms with Crippen LogP contribution in [-0.2, 0) is 14.9 Å². The zero-order chi connectivity index (χ0) is 17.5. The van der Waals surface area contributed by atoms with E-state index < -0.39 is 0 Å². The fourth-order valence-electron chi connectivity index (χ4n) is 3.39. The summed E-state index contributed by atoms with van der Waals surface area (Å²) in [5.41, 5.74) is 3.65. The topological polar surface area (TPSA) is 49.5 Å². The van der Waals surface area contributed by atoms with Crippen molar-refractivity contribution in [3.8, 4) is 0 Å². The molecule has 0 saturated carbocycles. The fourth-order valence-corrected chi connectivity index (χ4v) is 3.39. The summed E-state index contributed by atoms with van der Waals surface area (Å²) in [6, 6.07) is 8.24. The van der Waals surface area contributed by atoms with Gasteiger partial charge in [-0.25, -0.2) is 0 Å². The number of aliphatic hydroxyl groups excluding tert-OH is 1. The van der Waals surface area contributed by atoms with E-state index in [0.717, 1.165) is 24.2 Å². The van der Waals surface area contributed by atoms with E-state index in [1.807, 2.05) is 25.3 Å². The smallest absolute Gasteiger partial charge is 0.235 e. The number of benzene rings is 1. The number of aliphatic hydroxyl groups is 1. The monoisotopic (exact) mass is 326 g/mol. The third-order valence-electron chi connectivity index (χ3n) is 4.89. The van der Waals surface area contributed by atoms with E-state index in [1.54, 1.807) is 0 Å². The van der Waals surface area contributed by atoms with Gasteiger partial charge in [0.15, 0.2) is 11.5 Å². The van der Waals surface area contributed by atoms with E-state index in [4.69, 9.17) is 4.74 Å². The molecule has 0 aromatic heterocycles. The molecule has 4 heteroatoms. The Labute approximate surface area is 142 Å². The molecular weight excluding hydrogens is 302 g/mol. The number of fused-ring (bicyclic) bond motifs is 1. The van der Waals surface area contributed by atoms with Crippen LogP contribution in [0.25, 0.3) is 0 Å². The van der Waals surface area contributed by atoms with Crippen LogP contribution in [0.3, 0.4) is 0 Å². The molecule has 0 radical (unpaired) electrons. The Hall–Kier alpha value is -2.36. The number of carbonyl (C=O) groups is 1. The van der Waals surface area contributed by atoms with Crippen LogP contribution < -0.4 is 0 Å². The lowest BCUT2D eigenvalue weighted by Gasteiger charge is -2.23. The van der Waals surface area contributed by atoms with E-state index in [2.05, 4.69) is 37.5 Å². The Balaban J connectivity index is 1.97. The number of allylic oxidation sites excluding steroid dienone is 3. The summed E-state index contributed by atoms with van der Waals surface area (Å²) in [5, 5.41) is 9.83. The van der Waals surface area contributed by atoms with Crippen LogP contribution in [0, 0.1) is 0 Å². The molecular formula is C20H24NO3+. The molecule has 0 amide bonds. The molecule has 126 valence electrons. The number of unbranched alkanes of at least 4 members (excludes halogenated alkanes) is 1. The van der Waals surface area contributed by atoms with Gasteiger partial charge in [0.1, 0.15) is 7.05 Å². The van der Waals surface area contributed by atoms with Crippen LogP contribution in [0.15, 0.2) is 47.4 Å². The number of ketones is 1. The summed E-state index contributed by atoms with van der Waals surface area (Å²) in [7, 11) is 2.00. The first kappa shape index (κ1) is 16.5. The number of nitrogens with zero attached hydrogens (tertiary/aromatic N) is 1. The lowest BCUT2D eigenvalue weighted by Crippen LogP contribution is -2.31. The number of rotatable bonds is 5. The number of Topliss-reactive ketones (excluding diaryl/α,β-unsaturated/α-hetero) is 1. The average Bonchev–Trinajstić information content (AvgIpc) is 2.77. The number of para-hydroxylation sites is 1. The second-order valence-corrected chi connectivity index (χ2v) is 6.85. The average molecular weight is 326 g/mol. The summed E-state index contributed by atoms with van der Waals surface area (Å²) in [4.78, 5) is 12.1. The van der Waals surface area contributed by atoms with Gasteiger partial charge in [-0.05, 0) is 20.3 Å². The van der Waals surface area contributed by atoms with Gasteiger partial charge in [-0.2, -0.15) is 4.58 Å². The van der Waals surface area contributed by atoms with Crippen molar-refractivity contribution < 1.29 is 19.2 Å². The van der Waals surface area contributed by atoms with Gasteiger partial charge in [0.05, 0.1) is 17.6 Å². The predicted octanol–water partition coefficient (Wildman–Crippen LogP) is 3.79. The van der Waals surface area contributed by atoms with Gasteiger partial charge in [-0.1, -0.05) is 31.5 Å². The summed E-state index contributed by atoms with van der Waals surface area (Å²) in [6.07, 6.45) is 3.76. The van der Waals surface area contributed by atoms with E-state index in [-0.39, 0.29) is 17.0 Å². The molecule has 1 aliphatic carbocycles. The molecule has 0 saturated heterocycles. The van der Waals surface area contributed by atoms with E-state index >= 15 is 0 Å². The van der Waals surface area contributed by atoms with Crippen LogP contribution in [0.1, 0.15) is 39.2 Å². The molecule has 0 unspecified atom stereocenters. The normalized spacial score (nSPS) is 20.5. The van der Waals surface area contributed by atoms with Crippen LogP contribution >= 0.6 is 0 Å². The minimum absolute atomic E-state index is 0.210. The summed E-state index contributed by atoms with van der Waals surface area (Å²) in [6.45, 7) is 6.87. The molecule has 1 aliphatic heterocycles. The van der Waals surface area contributed by atoms with Crippen LogP contribution in [-0.4, -0.2) is 34.8 Å². The third kappa shape index (κ3) is 2.37. The lowest BCUT2D eigenvalue weighted by atomic mass is 9.79. The van der Waals surface area contributed by atoms with E-state index in [9.17, 15) is 9.90 Å². The number of hydrogen-bond donors (Lipinski definition) is 1. The minimum atomic E-state index is -0.339. The predicted molar refractivity (Wildman–Crippen MR) is 93.9 cm³/mol. The molecule has 1 aromatic carbocycles. The highest BCUT2D eigenvalue weighted by atomic mass is 16.5. The Kier molecular flexibility index (Phi) is 4.08. The van der Waals surface area contributed by atoms with Gasteiger partial charge >= 0.3 is 0 Å². The van der Waals surface area contributed by atoms with Crippen molar-refractivity contribution in [1.82, 2.24) is 0 Å². The number of carbonyl (C=O) groups excluding carboxylic acids is 1. The summed E-state index contributed by atoms with van der Waals surface area (Å²) < 4.78 is 7.72. The number of ether oxygens (including phenoxy) is 1. The molecule has 1 aromatic rings. The summed E-state index contributed by atoms with van der Waals surface area (Å²) in [5.74, 6) is -0.260. The molecule has 2 aliphatic rings. The van der Waals surface area contributed by atoms with Gasteiger partial charge in [0.25, 0.3) is 0 Å². The first-order valence-corrected chi connectivity index (χ1v) is 8.43. The largest absolute Gasteiger partial charge is 0.502 e. The first-order valence-electron chi connectivity index (χ1n) is 8.43. The molecule has 0 atom stereocenters. The van der Waals surface area contributed by atoms with E-state index in [0.29, 0.717) is 17.9 Å². The molecule has 0 spiro atoms. The zero-order valence-electron chi connectivity index (χ0n) is 14.7. The van der Waals surface area contributed by atoms with Crippen molar-refractivity contribution in [3.63, 3.8) is 0 Å². The van der Waals surface area contributed by atoms with Crippen molar-refractivity contribution in [2.24, 2.45) is 0 Å². The Morgan fingerprint density at radius 1 is 1.29 bits per heavy atom. The standard InChI is InChI=1S/C20H23NO3/c1-5-6-11-24-19-13(17(22)18(19)23)12-16-20(2,3)14-9-7-8-10-15(14)21(16)4/h7-10,12H,5-6,11H2,1-4H3/p+1. The van der Waals surface area contributed by atoms with Crippen molar-refractivity contribution in [1.29, 1.82) is 0 Å². The Bertz CT molecular complexity index is 797. The van der Waals surface area contributed by atoms with Gasteiger partial charge in [-0.15, -0.1) is 0 Å². The maximum absolute atomic E-state index is 12.1. The molecule has 4 nitrogen and oxygen atoms in total. The van der Waals surface area contributed by atoms with Crippen molar-refractivity contribution >= 4 is 17.2 Å². The van der Waals surface area contributed by atoms with Gasteiger partial charge in [0.2, 0.25) is 17.2 Å². The Morgan fingerprint density at radius 3 is 2.67 bits per heavy atom.